The second kappa shape index (κ2) is 17.3. The summed E-state index contributed by atoms with van der Waals surface area (Å²) in [5, 5.41) is 22.2. The molecule has 0 spiro atoms. The van der Waals surface area contributed by atoms with Gasteiger partial charge in [-0.3, -0.25) is 14.4 Å². The molecule has 0 aromatic rings. The average molecular weight is 288 g/mol. The summed E-state index contributed by atoms with van der Waals surface area (Å²) >= 11 is 0. The van der Waals surface area contributed by atoms with Crippen LogP contribution >= 0.6 is 0 Å². The van der Waals surface area contributed by atoms with Crippen LogP contribution in [0, 0.1) is 0 Å². The van der Waals surface area contributed by atoms with Gasteiger partial charge in [-0.05, 0) is 0 Å². The van der Waals surface area contributed by atoms with Crippen molar-refractivity contribution in [3.63, 3.8) is 0 Å². The Balaban J connectivity index is -0.0000000450. The third kappa shape index (κ3) is 1290. The summed E-state index contributed by atoms with van der Waals surface area (Å²) in [6, 6.07) is 0. The van der Waals surface area contributed by atoms with Gasteiger partial charge in [-0.1, -0.05) is 0 Å². The minimum absolute atomic E-state index is 0. The van der Waals surface area contributed by atoms with Gasteiger partial charge >= 0.3 is 0 Å². The summed E-state index contributed by atoms with van der Waals surface area (Å²) in [6.45, 7) is 3.25. The van der Waals surface area contributed by atoms with Gasteiger partial charge in [-0.2, -0.15) is 0 Å². The first-order chi connectivity index (χ1) is 5.20. The zero-order chi connectivity index (χ0) is 10.7. The van der Waals surface area contributed by atoms with Gasteiger partial charge in [-0.15, -0.1) is 0 Å². The molecule has 0 bridgehead atoms. The Hall–Kier alpha value is -0.850. The number of carboxylic acid groups (broad SMARTS) is 3. The summed E-state index contributed by atoms with van der Waals surface area (Å²) in [7, 11) is 0. The van der Waals surface area contributed by atoms with E-state index in [9.17, 15) is 0 Å². The van der Waals surface area contributed by atoms with Gasteiger partial charge in [-0.25, -0.2) is 0 Å². The van der Waals surface area contributed by atoms with Crippen LogP contribution in [0.25, 0.3) is 0 Å². The molecule has 3 N–H and O–H groups in total. The number of rotatable bonds is 0. The van der Waals surface area contributed by atoms with E-state index < -0.39 is 17.9 Å². The number of carbonyl (C=O) groups is 3. The Bertz CT molecular complexity index is 115. The van der Waals surface area contributed by atoms with E-state index >= 15 is 0 Å². The molecule has 0 aliphatic heterocycles. The van der Waals surface area contributed by atoms with Gasteiger partial charge < -0.3 is 15.3 Å². The molecule has 0 amide bonds. The monoisotopic (exact) mass is 287 g/mol. The summed E-state index contributed by atoms with van der Waals surface area (Å²) in [5.41, 5.74) is 0. The maximum Gasteiger partial charge on any atom is 0.300 e. The SMILES string of the molecule is CC(=O)O.CC(=O)O.CC(=O)O.[Ag]. The van der Waals surface area contributed by atoms with Crippen molar-refractivity contribution >= 4 is 17.9 Å². The Morgan fingerprint density at radius 2 is 0.692 bits per heavy atom. The quantitative estimate of drug-likeness (QED) is 0.552. The molecule has 6 nitrogen and oxygen atoms in total. The third-order valence-electron chi connectivity index (χ3n) is 0. The predicted octanol–water partition coefficient (Wildman–Crippen LogP) is 0.270. The van der Waals surface area contributed by atoms with Crippen LogP contribution in [-0.2, 0) is 36.8 Å². The summed E-state index contributed by atoms with van der Waals surface area (Å²) in [6.07, 6.45) is 0. The van der Waals surface area contributed by atoms with Crippen LogP contribution < -0.4 is 0 Å². The zero-order valence-corrected chi connectivity index (χ0v) is 8.85. The fourth-order valence-corrected chi connectivity index (χ4v) is 0. The van der Waals surface area contributed by atoms with E-state index in [4.69, 9.17) is 29.7 Å². The topological polar surface area (TPSA) is 112 Å². The first-order valence-electron chi connectivity index (χ1n) is 2.78. The van der Waals surface area contributed by atoms with Crippen molar-refractivity contribution in [3.05, 3.63) is 0 Å². The van der Waals surface area contributed by atoms with Crippen LogP contribution in [0.3, 0.4) is 0 Å². The van der Waals surface area contributed by atoms with Crippen LogP contribution in [0.4, 0.5) is 0 Å². The fraction of sp³-hybridized carbons (Fsp3) is 0.500. The van der Waals surface area contributed by atoms with Crippen molar-refractivity contribution in [1.29, 1.82) is 0 Å². The van der Waals surface area contributed by atoms with E-state index in [2.05, 4.69) is 0 Å². The molecule has 0 aromatic heterocycles. The smallest absolute Gasteiger partial charge is 0.300 e. The van der Waals surface area contributed by atoms with E-state index in [1.165, 1.54) is 0 Å². The Labute approximate surface area is 91.1 Å². The average Bonchev–Trinajstić information content (AvgIpc) is 1.54. The van der Waals surface area contributed by atoms with Crippen LogP contribution in [0.15, 0.2) is 0 Å². The van der Waals surface area contributed by atoms with Crippen molar-refractivity contribution in [2.24, 2.45) is 0 Å². The first kappa shape index (κ1) is 22.7. The number of hydrogen-bond donors (Lipinski definition) is 3. The predicted molar refractivity (Wildman–Crippen MR) is 39.9 cm³/mol. The zero-order valence-electron chi connectivity index (χ0n) is 7.37. The molecule has 7 heteroatoms. The minimum Gasteiger partial charge on any atom is -0.481 e. The van der Waals surface area contributed by atoms with Gasteiger partial charge in [0.2, 0.25) is 0 Å². The van der Waals surface area contributed by atoms with Gasteiger partial charge in [0.1, 0.15) is 0 Å². The molecule has 13 heavy (non-hydrogen) atoms. The van der Waals surface area contributed by atoms with Crippen molar-refractivity contribution < 1.29 is 52.1 Å². The molecule has 0 rings (SSSR count). The number of hydrogen-bond acceptors (Lipinski definition) is 3. The van der Waals surface area contributed by atoms with Crippen molar-refractivity contribution in [2.75, 3.05) is 0 Å². The fourth-order valence-electron chi connectivity index (χ4n) is 0. The van der Waals surface area contributed by atoms with E-state index in [0.29, 0.717) is 0 Å². The van der Waals surface area contributed by atoms with Gasteiger partial charge in [0.25, 0.3) is 17.9 Å². The molecular weight excluding hydrogens is 276 g/mol. The Morgan fingerprint density at radius 3 is 0.692 bits per heavy atom. The van der Waals surface area contributed by atoms with E-state index in [-0.39, 0.29) is 22.4 Å². The van der Waals surface area contributed by atoms with Crippen molar-refractivity contribution in [2.45, 2.75) is 20.8 Å². The molecule has 0 atom stereocenters. The molecule has 0 unspecified atom stereocenters. The Kier molecular flexibility index (Phi) is 30.3. The molecule has 0 saturated heterocycles. The summed E-state index contributed by atoms with van der Waals surface area (Å²) in [5.74, 6) is -2.50. The standard InChI is InChI=1S/3C2H4O2.Ag/c3*1-2(3)4;/h3*1H3,(H,3,4);. The molecule has 83 valence electrons. The third-order valence-corrected chi connectivity index (χ3v) is 0. The van der Waals surface area contributed by atoms with E-state index in [0.717, 1.165) is 20.8 Å². The van der Waals surface area contributed by atoms with Gasteiger partial charge in [0.05, 0.1) is 0 Å². The number of aliphatic carboxylic acids is 3. The Morgan fingerprint density at radius 1 is 0.692 bits per heavy atom. The van der Waals surface area contributed by atoms with Crippen LogP contribution in [-0.4, -0.2) is 33.2 Å². The van der Waals surface area contributed by atoms with Gasteiger partial charge in [0, 0.05) is 43.2 Å². The molecule has 0 aliphatic carbocycles. The van der Waals surface area contributed by atoms with Crippen LogP contribution in [0.2, 0.25) is 0 Å². The summed E-state index contributed by atoms with van der Waals surface area (Å²) < 4.78 is 0. The second-order valence-electron chi connectivity index (χ2n) is 1.56. The summed E-state index contributed by atoms with van der Waals surface area (Å²) in [4.78, 5) is 27.0. The second-order valence-corrected chi connectivity index (χ2v) is 1.56. The van der Waals surface area contributed by atoms with Crippen LogP contribution in [0.1, 0.15) is 20.8 Å². The van der Waals surface area contributed by atoms with Gasteiger partial charge in [0.15, 0.2) is 0 Å². The molecule has 0 aliphatic rings. The maximum atomic E-state index is 9.00. The molecule has 0 heterocycles. The van der Waals surface area contributed by atoms with E-state index in [1.807, 2.05) is 0 Å². The minimum atomic E-state index is -0.833. The van der Waals surface area contributed by atoms with Crippen molar-refractivity contribution in [1.82, 2.24) is 0 Å². The number of carboxylic acids is 3. The normalized spacial score (nSPS) is 5.77. The molecule has 1 radical (unpaired) electrons. The largest absolute Gasteiger partial charge is 0.481 e. The maximum absolute atomic E-state index is 9.00. The van der Waals surface area contributed by atoms with Crippen molar-refractivity contribution in [3.8, 4) is 0 Å². The first-order valence-corrected chi connectivity index (χ1v) is 2.78. The van der Waals surface area contributed by atoms with E-state index in [1.54, 1.807) is 0 Å². The van der Waals surface area contributed by atoms with Crippen LogP contribution in [0.5, 0.6) is 0 Å². The molecule has 0 saturated carbocycles. The molecule has 0 aromatic carbocycles. The molecular formula is C6H12AgO6. The molecule has 0 fully saturated rings.